The number of nitrogens with zero attached hydrogens (tertiary/aromatic N) is 2. The summed E-state index contributed by atoms with van der Waals surface area (Å²) in [6.45, 7) is 2.69. The van der Waals surface area contributed by atoms with Gasteiger partial charge in [-0.15, -0.1) is 0 Å². The summed E-state index contributed by atoms with van der Waals surface area (Å²) in [6, 6.07) is 6.11. The number of aliphatic hydroxyl groups is 1. The van der Waals surface area contributed by atoms with Crippen LogP contribution in [0.1, 0.15) is 39.0 Å². The van der Waals surface area contributed by atoms with Gasteiger partial charge in [-0.3, -0.25) is 14.4 Å². The molecule has 0 aromatic heterocycles. The van der Waals surface area contributed by atoms with Gasteiger partial charge in [0.25, 0.3) is 5.91 Å². The number of carbonyl (C=O) groups is 3. The Hall–Kier alpha value is -2.68. The highest BCUT2D eigenvalue weighted by molar-refractivity contribution is 6.34. The van der Waals surface area contributed by atoms with Crippen LogP contribution < -0.4 is 4.90 Å². The molecule has 1 spiro atoms. The summed E-state index contributed by atoms with van der Waals surface area (Å²) in [4.78, 5) is 45.2. The first-order valence-electron chi connectivity index (χ1n) is 13.1. The highest BCUT2D eigenvalue weighted by atomic mass is 35.5. The zero-order valence-corrected chi connectivity index (χ0v) is 21.7. The Morgan fingerprint density at radius 1 is 1.08 bits per heavy atom. The average molecular weight is 529 g/mol. The number of aliphatic hydroxyl groups excluding tert-OH is 1. The summed E-state index contributed by atoms with van der Waals surface area (Å²) in [5.74, 6) is -2.87. The molecule has 2 fully saturated rings. The second kappa shape index (κ2) is 10.2. The predicted octanol–water partition coefficient (Wildman–Crippen LogP) is 3.27. The van der Waals surface area contributed by atoms with Gasteiger partial charge in [-0.2, -0.15) is 0 Å². The number of carbonyl (C=O) groups excluding carboxylic acids is 3. The quantitative estimate of drug-likeness (QED) is 0.346. The molecule has 37 heavy (non-hydrogen) atoms. The molecule has 1 aromatic carbocycles. The molecule has 4 aliphatic heterocycles. The van der Waals surface area contributed by atoms with Crippen LogP contribution >= 0.6 is 11.6 Å². The number of para-hydroxylation sites is 1. The lowest BCUT2D eigenvalue weighted by Gasteiger charge is -2.38. The molecule has 1 N–H and O–H groups in total. The van der Waals surface area contributed by atoms with Gasteiger partial charge in [-0.1, -0.05) is 55.0 Å². The lowest BCUT2D eigenvalue weighted by Crippen LogP contribution is -2.56. The third-order valence-electron chi connectivity index (χ3n) is 8.08. The molecule has 1 unspecified atom stereocenters. The molecule has 2 saturated heterocycles. The molecule has 5 rings (SSSR count). The highest BCUT2D eigenvalue weighted by Crippen LogP contribution is 2.58. The van der Waals surface area contributed by atoms with Crippen LogP contribution in [0, 0.1) is 11.8 Å². The van der Waals surface area contributed by atoms with E-state index in [1.54, 1.807) is 28.0 Å². The summed E-state index contributed by atoms with van der Waals surface area (Å²) in [5.41, 5.74) is -1.86. The molecule has 9 heteroatoms. The number of halogens is 1. The molecule has 8 nitrogen and oxygen atoms in total. The minimum absolute atomic E-state index is 0.0178. The number of hydrogen-bond donors (Lipinski definition) is 1. The monoisotopic (exact) mass is 528 g/mol. The average Bonchev–Trinajstić information content (AvgIpc) is 3.26. The lowest BCUT2D eigenvalue weighted by molar-refractivity contribution is -0.159. The van der Waals surface area contributed by atoms with Crippen molar-refractivity contribution < 1.29 is 29.0 Å². The molecule has 1 aromatic rings. The number of rotatable bonds is 6. The zero-order valence-electron chi connectivity index (χ0n) is 21.0. The normalized spacial score (nSPS) is 34.1. The molecule has 0 aliphatic carbocycles. The SMILES string of the molecule is CC[C@]12/C=C\CCCOC(=O)[C@H]1[C@H]1C(=O)N(CCCCO)C3C(=O)N(c4ccccc4Cl)CC=C[C@@]31O2. The van der Waals surface area contributed by atoms with Crippen LogP contribution in [0.5, 0.6) is 0 Å². The Kier molecular flexibility index (Phi) is 7.18. The molecule has 5 atom stereocenters. The van der Waals surface area contributed by atoms with Crippen LogP contribution in [-0.4, -0.2) is 71.3 Å². The molecule has 4 heterocycles. The number of esters is 1. The van der Waals surface area contributed by atoms with Crippen LogP contribution in [0.15, 0.2) is 48.6 Å². The molecule has 198 valence electrons. The van der Waals surface area contributed by atoms with E-state index in [4.69, 9.17) is 21.1 Å². The van der Waals surface area contributed by atoms with Crippen molar-refractivity contribution in [3.8, 4) is 0 Å². The number of ether oxygens (including phenoxy) is 2. The van der Waals surface area contributed by atoms with E-state index in [1.165, 1.54) is 0 Å². The van der Waals surface area contributed by atoms with E-state index < -0.39 is 35.0 Å². The first-order chi connectivity index (χ1) is 17.9. The van der Waals surface area contributed by atoms with E-state index in [1.807, 2.05) is 37.3 Å². The zero-order chi connectivity index (χ0) is 26.2. The van der Waals surface area contributed by atoms with Gasteiger partial charge >= 0.3 is 5.97 Å². The van der Waals surface area contributed by atoms with E-state index in [2.05, 4.69) is 0 Å². The summed E-state index contributed by atoms with van der Waals surface area (Å²) < 4.78 is 12.5. The number of likely N-dealkylation sites (tertiary alicyclic amines) is 1. The second-order valence-electron chi connectivity index (χ2n) is 10.1. The molecule has 0 bridgehead atoms. The van der Waals surface area contributed by atoms with Gasteiger partial charge in [0.05, 0.1) is 23.2 Å². The third-order valence-corrected chi connectivity index (χ3v) is 8.40. The van der Waals surface area contributed by atoms with E-state index in [0.717, 1.165) is 6.42 Å². The molecular weight excluding hydrogens is 496 g/mol. The van der Waals surface area contributed by atoms with Crippen LogP contribution in [-0.2, 0) is 23.9 Å². The Balaban J connectivity index is 1.65. The van der Waals surface area contributed by atoms with Gasteiger partial charge in [-0.05, 0) is 44.2 Å². The Labute approximate surface area is 221 Å². The maximum atomic E-state index is 14.3. The number of cyclic esters (lactones) is 1. The number of amides is 2. The third kappa shape index (κ3) is 4.10. The number of benzene rings is 1. The van der Waals surface area contributed by atoms with Crippen molar-refractivity contribution in [2.24, 2.45) is 11.8 Å². The van der Waals surface area contributed by atoms with Gasteiger partial charge in [0.1, 0.15) is 23.2 Å². The molecule has 4 aliphatic rings. The summed E-state index contributed by atoms with van der Waals surface area (Å²) in [7, 11) is 0. The number of allylic oxidation sites excluding steroid dienone is 1. The topological polar surface area (TPSA) is 96.4 Å². The first kappa shape index (κ1) is 25.9. The first-order valence-corrected chi connectivity index (χ1v) is 13.5. The van der Waals surface area contributed by atoms with E-state index in [-0.39, 0.29) is 38.1 Å². The molecular formula is C28H33ClN2O6. The highest BCUT2D eigenvalue weighted by Gasteiger charge is 2.75. The lowest BCUT2D eigenvalue weighted by atomic mass is 9.73. The fraction of sp³-hybridized carbons (Fsp3) is 0.536. The van der Waals surface area contributed by atoms with Gasteiger partial charge in [0, 0.05) is 19.7 Å². The maximum Gasteiger partial charge on any atom is 0.313 e. The van der Waals surface area contributed by atoms with Gasteiger partial charge < -0.3 is 24.4 Å². The van der Waals surface area contributed by atoms with E-state index >= 15 is 0 Å². The minimum Gasteiger partial charge on any atom is -0.465 e. The van der Waals surface area contributed by atoms with Crippen molar-refractivity contribution in [1.29, 1.82) is 0 Å². The molecule has 0 saturated carbocycles. The molecule has 0 radical (unpaired) electrons. The van der Waals surface area contributed by atoms with Crippen LogP contribution in [0.25, 0.3) is 0 Å². The minimum atomic E-state index is -1.34. The fourth-order valence-electron chi connectivity index (χ4n) is 6.40. The fourth-order valence-corrected chi connectivity index (χ4v) is 6.63. The van der Waals surface area contributed by atoms with E-state index in [9.17, 15) is 19.5 Å². The van der Waals surface area contributed by atoms with Crippen molar-refractivity contribution in [2.45, 2.75) is 56.3 Å². The number of anilines is 1. The van der Waals surface area contributed by atoms with Crippen molar-refractivity contribution in [1.82, 2.24) is 4.90 Å². The standard InChI is InChI=1S/C28H33ClN2O6/c1-2-27-13-6-3-9-18-36-26(35)22(27)21-24(33)31(15-7-8-17-32)23-25(34)30(16-10-14-28(21,23)37-27)20-12-5-4-11-19(20)29/h4-6,10-14,21-23,32H,2-3,7-9,15-18H2,1H3/b13-6-/t21-,22+,23?,27-,28-/m0/s1. The maximum absolute atomic E-state index is 14.3. The largest absolute Gasteiger partial charge is 0.465 e. The predicted molar refractivity (Wildman–Crippen MR) is 138 cm³/mol. The summed E-state index contributed by atoms with van der Waals surface area (Å²) in [5, 5.41) is 9.78. The van der Waals surface area contributed by atoms with Gasteiger partial charge in [0.2, 0.25) is 5.91 Å². The van der Waals surface area contributed by atoms with Crippen molar-refractivity contribution >= 4 is 35.1 Å². The second-order valence-corrected chi connectivity index (χ2v) is 10.5. The van der Waals surface area contributed by atoms with Crippen molar-refractivity contribution in [3.05, 3.63) is 53.6 Å². The van der Waals surface area contributed by atoms with Crippen LogP contribution in [0.2, 0.25) is 5.02 Å². The van der Waals surface area contributed by atoms with Gasteiger partial charge in [-0.25, -0.2) is 0 Å². The van der Waals surface area contributed by atoms with Crippen LogP contribution in [0.3, 0.4) is 0 Å². The Bertz CT molecular complexity index is 1140. The number of unbranched alkanes of at least 4 members (excludes halogenated alkanes) is 1. The van der Waals surface area contributed by atoms with Crippen molar-refractivity contribution in [3.63, 3.8) is 0 Å². The summed E-state index contributed by atoms with van der Waals surface area (Å²) >= 11 is 6.48. The van der Waals surface area contributed by atoms with Crippen LogP contribution in [0.4, 0.5) is 5.69 Å². The number of fused-ring (bicyclic) bond motifs is 2. The molecule has 2 amide bonds. The van der Waals surface area contributed by atoms with Gasteiger partial charge in [0.15, 0.2) is 0 Å². The number of hydrogen-bond acceptors (Lipinski definition) is 6. The van der Waals surface area contributed by atoms with Crippen molar-refractivity contribution in [2.75, 3.05) is 31.2 Å². The summed E-state index contributed by atoms with van der Waals surface area (Å²) in [6.07, 6.45) is 10.4. The Morgan fingerprint density at radius 2 is 1.89 bits per heavy atom. The Morgan fingerprint density at radius 3 is 2.65 bits per heavy atom. The van der Waals surface area contributed by atoms with E-state index in [0.29, 0.717) is 36.4 Å². The smallest absolute Gasteiger partial charge is 0.313 e.